The molecule has 1 aromatic carbocycles. The second-order valence-electron chi connectivity index (χ2n) is 8.67. The predicted molar refractivity (Wildman–Crippen MR) is 133 cm³/mol. The van der Waals surface area contributed by atoms with Gasteiger partial charge in [-0.2, -0.15) is 0 Å². The van der Waals surface area contributed by atoms with Crippen LogP contribution in [0.4, 0.5) is 11.4 Å². The van der Waals surface area contributed by atoms with E-state index in [2.05, 4.69) is 51.5 Å². The molecule has 0 spiro atoms. The molecule has 0 unspecified atom stereocenters. The van der Waals surface area contributed by atoms with E-state index in [0.29, 0.717) is 5.11 Å². The number of anilines is 2. The normalized spacial score (nSPS) is 18.2. The molecule has 0 saturated carbocycles. The van der Waals surface area contributed by atoms with Crippen molar-refractivity contribution in [3.63, 3.8) is 0 Å². The van der Waals surface area contributed by atoms with Gasteiger partial charge in [-0.25, -0.2) is 0 Å². The third-order valence-corrected chi connectivity index (χ3v) is 6.19. The number of aryl methyl sites for hydroxylation is 3. The maximum Gasteiger partial charge on any atom is 0.226 e. The van der Waals surface area contributed by atoms with Gasteiger partial charge in [0.25, 0.3) is 0 Å². The van der Waals surface area contributed by atoms with Crippen LogP contribution in [0.3, 0.4) is 0 Å². The summed E-state index contributed by atoms with van der Waals surface area (Å²) in [6.07, 6.45) is 1.81. The van der Waals surface area contributed by atoms with Crippen LogP contribution in [-0.2, 0) is 4.79 Å². The molecule has 2 atom stereocenters. The lowest BCUT2D eigenvalue weighted by molar-refractivity contribution is -0.118. The molecule has 0 bridgehead atoms. The van der Waals surface area contributed by atoms with E-state index in [1.807, 2.05) is 57.3 Å². The maximum absolute atomic E-state index is 12.2. The Labute approximate surface area is 194 Å². The van der Waals surface area contributed by atoms with Crippen molar-refractivity contribution in [1.82, 2.24) is 15.3 Å². The zero-order valence-electron chi connectivity index (χ0n) is 19.1. The van der Waals surface area contributed by atoms with Gasteiger partial charge in [-0.15, -0.1) is 0 Å². The number of nitrogens with one attached hydrogen (secondary N) is 3. The lowest BCUT2D eigenvalue weighted by Crippen LogP contribution is -2.29. The van der Waals surface area contributed by atoms with Crippen molar-refractivity contribution in [2.45, 2.75) is 46.7 Å². The number of benzene rings is 1. The zero-order valence-corrected chi connectivity index (χ0v) is 19.9. The number of amides is 1. The molecule has 7 heteroatoms. The Balaban J connectivity index is 1.76. The highest BCUT2D eigenvalue weighted by Crippen LogP contribution is 2.43. The fourth-order valence-corrected chi connectivity index (χ4v) is 4.56. The van der Waals surface area contributed by atoms with Crippen LogP contribution >= 0.6 is 12.2 Å². The van der Waals surface area contributed by atoms with Gasteiger partial charge in [-0.3, -0.25) is 9.78 Å². The van der Waals surface area contributed by atoms with E-state index in [1.54, 1.807) is 0 Å². The molecule has 1 saturated heterocycles. The number of nitrogens with zero attached hydrogens (tertiary/aromatic N) is 2. The minimum Gasteiger partial charge on any atom is -0.362 e. The van der Waals surface area contributed by atoms with Crippen molar-refractivity contribution in [2.24, 2.45) is 5.92 Å². The summed E-state index contributed by atoms with van der Waals surface area (Å²) in [6, 6.07) is 14.0. The van der Waals surface area contributed by atoms with Gasteiger partial charge in [-0.1, -0.05) is 19.9 Å². The molecule has 2 aromatic heterocycles. The molecule has 166 valence electrons. The lowest BCUT2D eigenvalue weighted by atomic mass is 9.96. The molecule has 0 aliphatic carbocycles. The highest BCUT2D eigenvalue weighted by atomic mass is 32.1. The number of carbonyl (C=O) groups excluding carboxylic acids is 1. The third-order valence-electron chi connectivity index (χ3n) is 5.88. The summed E-state index contributed by atoms with van der Waals surface area (Å²) >= 11 is 5.81. The van der Waals surface area contributed by atoms with E-state index in [1.165, 1.54) is 5.56 Å². The SMILES string of the molecule is Cc1cc([C@H]2[C@@H](c3ccccn3)NC(=S)N2c2ccc(NC(=O)C(C)C)c(C)c2)c(C)[nH]1. The smallest absolute Gasteiger partial charge is 0.226 e. The number of pyridine rings is 1. The summed E-state index contributed by atoms with van der Waals surface area (Å²) in [4.78, 5) is 22.4. The van der Waals surface area contributed by atoms with Gasteiger partial charge >= 0.3 is 0 Å². The standard InChI is InChI=1S/C25H29N5OS/c1-14(2)24(31)28-20-10-9-18(12-15(20)3)30-23(19-13-16(4)27-17(19)5)22(29-25(30)32)21-8-6-7-11-26-21/h6-14,22-23,27H,1-5H3,(H,28,31)(H,29,32)/t22-,23+/m1/s1. The largest absolute Gasteiger partial charge is 0.362 e. The summed E-state index contributed by atoms with van der Waals surface area (Å²) in [6.45, 7) is 9.93. The Morgan fingerprint density at radius 1 is 1.16 bits per heavy atom. The van der Waals surface area contributed by atoms with E-state index >= 15 is 0 Å². The van der Waals surface area contributed by atoms with Crippen molar-refractivity contribution in [2.75, 3.05) is 10.2 Å². The van der Waals surface area contributed by atoms with Crippen LogP contribution in [0.15, 0.2) is 48.7 Å². The van der Waals surface area contributed by atoms with Gasteiger partial charge in [0.05, 0.1) is 17.8 Å². The van der Waals surface area contributed by atoms with E-state index in [-0.39, 0.29) is 23.9 Å². The molecule has 3 N–H and O–H groups in total. The Hall–Kier alpha value is -3.19. The quantitative estimate of drug-likeness (QED) is 0.474. The summed E-state index contributed by atoms with van der Waals surface area (Å²) < 4.78 is 0. The third kappa shape index (κ3) is 4.12. The summed E-state index contributed by atoms with van der Waals surface area (Å²) in [5.74, 6) is -0.0709. The van der Waals surface area contributed by atoms with Crippen LogP contribution in [-0.4, -0.2) is 21.0 Å². The van der Waals surface area contributed by atoms with Crippen molar-refractivity contribution in [3.8, 4) is 0 Å². The fourth-order valence-electron chi connectivity index (χ4n) is 4.22. The lowest BCUT2D eigenvalue weighted by Gasteiger charge is -2.28. The first-order valence-electron chi connectivity index (χ1n) is 10.8. The van der Waals surface area contributed by atoms with E-state index in [0.717, 1.165) is 34.0 Å². The molecular weight excluding hydrogens is 418 g/mol. The van der Waals surface area contributed by atoms with Crippen molar-refractivity contribution >= 4 is 34.6 Å². The molecule has 32 heavy (non-hydrogen) atoms. The van der Waals surface area contributed by atoms with Gasteiger partial charge in [0, 0.05) is 34.9 Å². The number of hydrogen-bond acceptors (Lipinski definition) is 3. The molecule has 1 aliphatic rings. The maximum atomic E-state index is 12.2. The van der Waals surface area contributed by atoms with Crippen LogP contribution in [0, 0.1) is 26.7 Å². The average molecular weight is 448 g/mol. The highest BCUT2D eigenvalue weighted by Gasteiger charge is 2.41. The van der Waals surface area contributed by atoms with Gasteiger partial charge in [-0.05, 0) is 80.5 Å². The molecular formula is C25H29N5OS. The number of hydrogen-bond donors (Lipinski definition) is 3. The van der Waals surface area contributed by atoms with Crippen LogP contribution in [0.2, 0.25) is 0 Å². The number of carbonyl (C=O) groups is 1. The van der Waals surface area contributed by atoms with Crippen molar-refractivity contribution in [3.05, 3.63) is 76.9 Å². The minimum atomic E-state index is -0.0850. The Kier molecular flexibility index (Phi) is 6.02. The van der Waals surface area contributed by atoms with Crippen LogP contribution in [0.1, 0.15) is 54.1 Å². The molecule has 3 heterocycles. The number of H-pyrrole nitrogens is 1. The molecule has 1 amide bonds. The molecule has 4 rings (SSSR count). The van der Waals surface area contributed by atoms with Gasteiger partial charge in [0.2, 0.25) is 5.91 Å². The van der Waals surface area contributed by atoms with E-state index < -0.39 is 0 Å². The van der Waals surface area contributed by atoms with Crippen LogP contribution < -0.4 is 15.5 Å². The topological polar surface area (TPSA) is 73.1 Å². The molecule has 3 aromatic rings. The summed E-state index contributed by atoms with van der Waals surface area (Å²) in [5.41, 5.74) is 7.13. The van der Waals surface area contributed by atoms with E-state index in [9.17, 15) is 4.79 Å². The first-order chi connectivity index (χ1) is 15.3. The first kappa shape index (κ1) is 22.0. The molecule has 1 aliphatic heterocycles. The van der Waals surface area contributed by atoms with Crippen molar-refractivity contribution < 1.29 is 4.79 Å². The van der Waals surface area contributed by atoms with Gasteiger partial charge in [0.15, 0.2) is 5.11 Å². The second-order valence-corrected chi connectivity index (χ2v) is 9.06. The molecule has 0 radical (unpaired) electrons. The van der Waals surface area contributed by atoms with E-state index in [4.69, 9.17) is 12.2 Å². The highest BCUT2D eigenvalue weighted by molar-refractivity contribution is 7.80. The number of thiocarbonyl (C=S) groups is 1. The Morgan fingerprint density at radius 2 is 1.94 bits per heavy atom. The monoisotopic (exact) mass is 447 g/mol. The number of rotatable bonds is 5. The summed E-state index contributed by atoms with van der Waals surface area (Å²) in [5, 5.41) is 7.16. The van der Waals surface area contributed by atoms with Crippen molar-refractivity contribution in [1.29, 1.82) is 0 Å². The second kappa shape index (κ2) is 8.74. The fraction of sp³-hybridized carbons (Fsp3) is 0.320. The minimum absolute atomic E-state index is 0.00530. The first-order valence-corrected chi connectivity index (χ1v) is 11.3. The predicted octanol–water partition coefficient (Wildman–Crippen LogP) is 5.11. The Morgan fingerprint density at radius 3 is 2.53 bits per heavy atom. The molecule has 6 nitrogen and oxygen atoms in total. The zero-order chi connectivity index (χ0) is 23.0. The van der Waals surface area contributed by atoms with Gasteiger partial charge in [0.1, 0.15) is 0 Å². The van der Waals surface area contributed by atoms with Crippen LogP contribution in [0.25, 0.3) is 0 Å². The number of aromatic nitrogens is 2. The Bertz CT molecular complexity index is 1150. The summed E-state index contributed by atoms with van der Waals surface area (Å²) in [7, 11) is 0. The molecule has 1 fully saturated rings. The van der Waals surface area contributed by atoms with Gasteiger partial charge < -0.3 is 20.5 Å². The number of aromatic amines is 1. The average Bonchev–Trinajstić information content (AvgIpc) is 3.27. The van der Waals surface area contributed by atoms with Crippen LogP contribution in [0.5, 0.6) is 0 Å².